The second-order valence-corrected chi connectivity index (χ2v) is 15.3. The first-order valence-electron chi connectivity index (χ1n) is 10.8. The second-order valence-electron chi connectivity index (χ2n) is 8.32. The van der Waals surface area contributed by atoms with Gasteiger partial charge < -0.3 is 28.7 Å². The molecule has 1 aromatic carbocycles. The predicted octanol–water partition coefficient (Wildman–Crippen LogP) is 6.41. The van der Waals surface area contributed by atoms with E-state index in [9.17, 15) is 0 Å². The highest BCUT2D eigenvalue weighted by molar-refractivity contribution is 8.09. The Kier molecular flexibility index (Phi) is 13.5. The average Bonchev–Trinajstić information content (AvgIpc) is 2.57. The van der Waals surface area contributed by atoms with E-state index in [2.05, 4.69) is 20.8 Å². The molecule has 0 radical (unpaired) electrons. The van der Waals surface area contributed by atoms with Crippen molar-refractivity contribution in [1.29, 1.82) is 0 Å². The van der Waals surface area contributed by atoms with Gasteiger partial charge in [0.15, 0.2) is 10.2 Å². The van der Waals surface area contributed by atoms with Crippen LogP contribution in [0.2, 0.25) is 0 Å². The van der Waals surface area contributed by atoms with Gasteiger partial charge in [-0.1, -0.05) is 6.07 Å². The molecule has 34 heavy (non-hydrogen) atoms. The Morgan fingerprint density at radius 3 is 1.21 bits per heavy atom. The molecule has 0 unspecified atom stereocenters. The molecule has 0 bridgehead atoms. The van der Waals surface area contributed by atoms with Crippen LogP contribution in [0.25, 0.3) is 0 Å². The lowest BCUT2D eigenvalue weighted by atomic mass is 10.3. The molecule has 0 amide bonds. The van der Waals surface area contributed by atoms with Gasteiger partial charge >= 0.3 is 0 Å². The lowest BCUT2D eigenvalue weighted by Crippen LogP contribution is -2.30. The monoisotopic (exact) mass is 586 g/mol. The van der Waals surface area contributed by atoms with Gasteiger partial charge in [-0.05, 0) is 122 Å². The molecule has 0 aromatic heterocycles. The SMILES string of the molecule is CC(C)OP(=S)(NC(=S)Nc1cccc(NC(=S)NP(=S)(OC(C)C)OC(C)C)c1)OC(C)C. The van der Waals surface area contributed by atoms with E-state index in [-0.39, 0.29) is 24.4 Å². The molecular weight excluding hydrogens is 550 g/mol. The summed E-state index contributed by atoms with van der Waals surface area (Å²) in [7, 11) is 0. The van der Waals surface area contributed by atoms with E-state index in [0.29, 0.717) is 10.2 Å². The molecular formula is C20H36N4O4P2S4. The molecule has 0 heterocycles. The minimum atomic E-state index is -2.81. The lowest BCUT2D eigenvalue weighted by molar-refractivity contribution is 0.171. The first-order chi connectivity index (χ1) is 15.6. The van der Waals surface area contributed by atoms with Gasteiger partial charge in [-0.2, -0.15) is 0 Å². The van der Waals surface area contributed by atoms with E-state index >= 15 is 0 Å². The fourth-order valence-corrected chi connectivity index (χ4v) is 9.56. The van der Waals surface area contributed by atoms with Gasteiger partial charge in [0.1, 0.15) is 0 Å². The third kappa shape index (κ3) is 13.2. The maximum Gasteiger partial charge on any atom is 0.289 e. The molecule has 0 saturated carbocycles. The molecule has 194 valence electrons. The second kappa shape index (κ2) is 14.5. The van der Waals surface area contributed by atoms with Crippen LogP contribution in [0.15, 0.2) is 24.3 Å². The Hall–Kier alpha value is -0.260. The van der Waals surface area contributed by atoms with Crippen LogP contribution >= 0.6 is 37.7 Å². The normalized spacial score (nSPS) is 12.4. The van der Waals surface area contributed by atoms with Crippen molar-refractivity contribution in [3.05, 3.63) is 24.3 Å². The third-order valence-electron chi connectivity index (χ3n) is 3.25. The molecule has 0 saturated heterocycles. The minimum absolute atomic E-state index is 0.111. The van der Waals surface area contributed by atoms with E-state index in [1.807, 2.05) is 79.7 Å². The lowest BCUT2D eigenvalue weighted by Gasteiger charge is -2.28. The zero-order chi connectivity index (χ0) is 26.1. The summed E-state index contributed by atoms with van der Waals surface area (Å²) < 4.78 is 23.3. The van der Waals surface area contributed by atoms with Gasteiger partial charge in [-0.25, -0.2) is 0 Å². The van der Waals surface area contributed by atoms with Gasteiger partial charge in [0.2, 0.25) is 0 Å². The van der Waals surface area contributed by atoms with Crippen molar-refractivity contribution < 1.29 is 18.1 Å². The van der Waals surface area contributed by atoms with Gasteiger partial charge in [0.25, 0.3) is 13.3 Å². The standard InChI is InChI=1S/C20H36N4O4P2S4/c1-13(2)25-29(33,26-14(3)4)23-19(31)21-17-10-9-11-18(12-17)22-20(32)24-30(34,27-15(5)6)28-16(7)8/h9-16H,1-8H3,(H2,21,23,31,33)(H2,22,24,32,34). The number of hydrogen-bond donors (Lipinski definition) is 4. The molecule has 0 aliphatic carbocycles. The van der Waals surface area contributed by atoms with Crippen molar-refractivity contribution in [3.8, 4) is 0 Å². The van der Waals surface area contributed by atoms with Crippen LogP contribution in [0.4, 0.5) is 11.4 Å². The first kappa shape index (κ1) is 31.8. The van der Waals surface area contributed by atoms with E-state index in [1.165, 1.54) is 0 Å². The fourth-order valence-electron chi connectivity index (χ4n) is 2.51. The minimum Gasteiger partial charge on any atom is -0.332 e. The first-order valence-corrected chi connectivity index (χ1v) is 16.9. The molecule has 0 aliphatic heterocycles. The zero-order valence-electron chi connectivity index (χ0n) is 20.8. The van der Waals surface area contributed by atoms with Crippen LogP contribution in [0.5, 0.6) is 0 Å². The van der Waals surface area contributed by atoms with Gasteiger partial charge in [0, 0.05) is 11.4 Å². The predicted molar refractivity (Wildman–Crippen MR) is 159 cm³/mol. The van der Waals surface area contributed by atoms with Gasteiger partial charge in [-0.3, -0.25) is 10.2 Å². The highest BCUT2D eigenvalue weighted by Gasteiger charge is 2.25. The third-order valence-corrected chi connectivity index (χ3v) is 9.34. The summed E-state index contributed by atoms with van der Waals surface area (Å²) >= 11 is 22.1. The van der Waals surface area contributed by atoms with Crippen molar-refractivity contribution >= 4 is 82.9 Å². The van der Waals surface area contributed by atoms with Crippen LogP contribution < -0.4 is 20.8 Å². The van der Waals surface area contributed by atoms with Crippen molar-refractivity contribution in [2.45, 2.75) is 79.8 Å². The van der Waals surface area contributed by atoms with Crippen LogP contribution in [0.3, 0.4) is 0 Å². The van der Waals surface area contributed by atoms with Crippen LogP contribution in [0, 0.1) is 0 Å². The van der Waals surface area contributed by atoms with Crippen molar-refractivity contribution in [2.24, 2.45) is 0 Å². The molecule has 0 aliphatic rings. The molecule has 8 nitrogen and oxygen atoms in total. The summed E-state index contributed by atoms with van der Waals surface area (Å²) in [5, 5.41) is 12.9. The number of benzene rings is 1. The molecule has 0 atom stereocenters. The smallest absolute Gasteiger partial charge is 0.289 e. The Morgan fingerprint density at radius 2 is 0.941 bits per heavy atom. The number of thiocarbonyl (C=S) groups is 2. The van der Waals surface area contributed by atoms with Crippen LogP contribution in [-0.4, -0.2) is 34.6 Å². The highest BCUT2D eigenvalue weighted by Crippen LogP contribution is 2.47. The largest absolute Gasteiger partial charge is 0.332 e. The zero-order valence-corrected chi connectivity index (χ0v) is 25.8. The Labute approximate surface area is 225 Å². The van der Waals surface area contributed by atoms with Gasteiger partial charge in [0.05, 0.1) is 24.4 Å². The highest BCUT2D eigenvalue weighted by atomic mass is 32.5. The fraction of sp³-hybridized carbons (Fsp3) is 0.600. The average molecular weight is 587 g/mol. The molecule has 0 spiro atoms. The molecule has 0 fully saturated rings. The van der Waals surface area contributed by atoms with Crippen molar-refractivity contribution in [1.82, 2.24) is 10.2 Å². The molecule has 4 N–H and O–H groups in total. The van der Waals surface area contributed by atoms with E-state index in [1.54, 1.807) is 0 Å². The van der Waals surface area contributed by atoms with E-state index in [4.69, 9.17) is 66.1 Å². The van der Waals surface area contributed by atoms with Crippen LogP contribution in [-0.2, 0) is 41.7 Å². The summed E-state index contributed by atoms with van der Waals surface area (Å²) in [6, 6.07) is 7.42. The Bertz CT molecular complexity index is 834. The number of hydrogen-bond acceptors (Lipinski definition) is 8. The summed E-state index contributed by atoms with van der Waals surface area (Å²) in [6.07, 6.45) is -0.446. The van der Waals surface area contributed by atoms with Crippen molar-refractivity contribution in [3.63, 3.8) is 0 Å². The van der Waals surface area contributed by atoms with Gasteiger partial charge in [-0.15, -0.1) is 0 Å². The summed E-state index contributed by atoms with van der Waals surface area (Å²) in [4.78, 5) is 0. The molecule has 1 aromatic rings. The number of anilines is 2. The Morgan fingerprint density at radius 1 is 0.647 bits per heavy atom. The number of nitrogens with one attached hydrogen (secondary N) is 4. The summed E-state index contributed by atoms with van der Waals surface area (Å²) in [6.45, 7) is 9.55. The number of rotatable bonds is 12. The Balaban J connectivity index is 2.86. The van der Waals surface area contributed by atoms with E-state index in [0.717, 1.165) is 11.4 Å². The van der Waals surface area contributed by atoms with Crippen LogP contribution in [0.1, 0.15) is 55.4 Å². The quantitative estimate of drug-likeness (QED) is 0.161. The topological polar surface area (TPSA) is 85.0 Å². The van der Waals surface area contributed by atoms with Crippen molar-refractivity contribution in [2.75, 3.05) is 10.6 Å². The summed E-state index contributed by atoms with van der Waals surface area (Å²) in [5.41, 5.74) is 1.44. The van der Waals surface area contributed by atoms with E-state index < -0.39 is 13.3 Å². The maximum atomic E-state index is 5.83. The maximum absolute atomic E-state index is 5.83. The molecule has 14 heteroatoms. The summed E-state index contributed by atoms with van der Waals surface area (Å²) in [5.74, 6) is 0. The molecule has 1 rings (SSSR count).